The van der Waals surface area contributed by atoms with E-state index >= 15 is 0 Å². The first kappa shape index (κ1) is 23.8. The molecular formula is C21H25ClFN3O3S2. The van der Waals surface area contributed by atoms with Crippen molar-refractivity contribution < 1.29 is 19.1 Å². The van der Waals surface area contributed by atoms with E-state index < -0.39 is 23.2 Å². The van der Waals surface area contributed by atoms with Crippen LogP contribution in [-0.2, 0) is 4.79 Å². The number of benzene rings is 1. The van der Waals surface area contributed by atoms with Crippen LogP contribution in [0.1, 0.15) is 39.5 Å². The summed E-state index contributed by atoms with van der Waals surface area (Å²) in [5.41, 5.74) is -0.689. The Morgan fingerprint density at radius 3 is 2.74 bits per heavy atom. The number of anilines is 2. The minimum Gasteiger partial charge on any atom is -0.481 e. The first-order chi connectivity index (χ1) is 14.7. The summed E-state index contributed by atoms with van der Waals surface area (Å²) in [5, 5.41) is 12.7. The molecule has 0 atom stereocenters. The van der Waals surface area contributed by atoms with E-state index in [9.17, 15) is 19.1 Å². The number of urea groups is 1. The number of nitrogens with one attached hydrogen (secondary N) is 1. The first-order valence-electron chi connectivity index (χ1n) is 10.0. The normalized spacial score (nSPS) is 14.6. The van der Waals surface area contributed by atoms with Crippen molar-refractivity contribution in [1.29, 1.82) is 0 Å². The quantitative estimate of drug-likeness (QED) is 0.424. The number of carbonyl (C=O) groups is 2. The summed E-state index contributed by atoms with van der Waals surface area (Å²) in [6.45, 7) is 3.74. The van der Waals surface area contributed by atoms with Gasteiger partial charge in [0.1, 0.15) is 5.82 Å². The minimum absolute atomic E-state index is 0.183. The second-order valence-corrected chi connectivity index (χ2v) is 11.0. The van der Waals surface area contributed by atoms with Gasteiger partial charge in [-0.15, -0.1) is 11.8 Å². The lowest BCUT2D eigenvalue weighted by Gasteiger charge is -2.26. The summed E-state index contributed by atoms with van der Waals surface area (Å²) >= 11 is 8.51. The van der Waals surface area contributed by atoms with Gasteiger partial charge < -0.3 is 5.11 Å². The third-order valence-electron chi connectivity index (χ3n) is 5.21. The molecule has 1 aromatic heterocycles. The number of rotatable bonds is 8. The van der Waals surface area contributed by atoms with Crippen LogP contribution in [-0.4, -0.2) is 34.4 Å². The maximum absolute atomic E-state index is 14.6. The topological polar surface area (TPSA) is 82.5 Å². The minimum atomic E-state index is -0.873. The van der Waals surface area contributed by atoms with Gasteiger partial charge in [0.15, 0.2) is 5.13 Å². The zero-order valence-corrected chi connectivity index (χ0v) is 19.7. The predicted molar refractivity (Wildman–Crippen MR) is 124 cm³/mol. The summed E-state index contributed by atoms with van der Waals surface area (Å²) in [7, 11) is 0. The number of carboxylic acids is 1. The Morgan fingerprint density at radius 2 is 2.10 bits per heavy atom. The lowest BCUT2D eigenvalue weighted by Crippen LogP contribution is -2.38. The molecule has 1 aliphatic carbocycles. The number of amides is 2. The number of aliphatic carboxylic acids is 1. The summed E-state index contributed by atoms with van der Waals surface area (Å²) in [6.07, 6.45) is 5.85. The molecule has 31 heavy (non-hydrogen) atoms. The molecule has 0 saturated heterocycles. The van der Waals surface area contributed by atoms with Crippen LogP contribution in [0.15, 0.2) is 28.6 Å². The van der Waals surface area contributed by atoms with Crippen molar-refractivity contribution >= 4 is 57.5 Å². The molecule has 1 fully saturated rings. The molecule has 2 aromatic rings. The monoisotopic (exact) mass is 485 g/mol. The van der Waals surface area contributed by atoms with E-state index in [2.05, 4.69) is 10.3 Å². The number of nitrogens with zero attached hydrogens (tertiary/aromatic N) is 2. The largest absolute Gasteiger partial charge is 0.481 e. The van der Waals surface area contributed by atoms with Crippen molar-refractivity contribution in [3.63, 3.8) is 0 Å². The average Bonchev–Trinajstić information content (AvgIpc) is 3.37. The van der Waals surface area contributed by atoms with Crippen LogP contribution >= 0.6 is 34.7 Å². The second kappa shape index (κ2) is 10.2. The van der Waals surface area contributed by atoms with E-state index in [1.54, 1.807) is 26.1 Å². The summed E-state index contributed by atoms with van der Waals surface area (Å²) in [5.74, 6) is -0.721. The molecule has 2 N–H and O–H groups in total. The Balaban J connectivity index is 1.71. The molecule has 2 amide bonds. The number of carboxylic acid groups (broad SMARTS) is 1. The maximum atomic E-state index is 14.6. The Morgan fingerprint density at radius 1 is 1.39 bits per heavy atom. The van der Waals surface area contributed by atoms with Gasteiger partial charge in [0.25, 0.3) is 0 Å². The van der Waals surface area contributed by atoms with Crippen LogP contribution in [0.3, 0.4) is 0 Å². The highest BCUT2D eigenvalue weighted by Crippen LogP contribution is 2.34. The molecule has 0 spiro atoms. The van der Waals surface area contributed by atoms with Crippen molar-refractivity contribution in [1.82, 2.24) is 4.98 Å². The fourth-order valence-electron chi connectivity index (χ4n) is 3.30. The SMILES string of the molecule is CC(C)(CSc1cnc(NC(=O)N(CC2CCCC2)c2ccc(Cl)cc2F)s1)C(=O)O. The van der Waals surface area contributed by atoms with Crippen LogP contribution < -0.4 is 10.2 Å². The molecular weight excluding hydrogens is 461 g/mol. The van der Waals surface area contributed by atoms with Crippen molar-refractivity contribution in [2.45, 2.75) is 43.7 Å². The Labute approximate surface area is 194 Å². The fourth-order valence-corrected chi connectivity index (χ4v) is 5.40. The summed E-state index contributed by atoms with van der Waals surface area (Å²) in [6, 6.07) is 3.83. The van der Waals surface area contributed by atoms with Crippen molar-refractivity contribution in [3.8, 4) is 0 Å². The van der Waals surface area contributed by atoms with Gasteiger partial charge in [0.05, 0.1) is 21.5 Å². The van der Waals surface area contributed by atoms with Crippen LogP contribution in [0.4, 0.5) is 20.0 Å². The smallest absolute Gasteiger partial charge is 0.328 e. The average molecular weight is 486 g/mol. The number of thioether (sulfide) groups is 1. The zero-order valence-electron chi connectivity index (χ0n) is 17.4. The van der Waals surface area contributed by atoms with Crippen LogP contribution in [0.5, 0.6) is 0 Å². The molecule has 1 heterocycles. The highest BCUT2D eigenvalue weighted by atomic mass is 35.5. The van der Waals surface area contributed by atoms with E-state index in [4.69, 9.17) is 11.6 Å². The maximum Gasteiger partial charge on any atom is 0.328 e. The number of hydrogen-bond donors (Lipinski definition) is 2. The Hall–Kier alpha value is -1.84. The summed E-state index contributed by atoms with van der Waals surface area (Å²) in [4.78, 5) is 30.0. The van der Waals surface area contributed by atoms with Crippen LogP contribution in [0.2, 0.25) is 5.02 Å². The third kappa shape index (κ3) is 6.33. The van der Waals surface area contributed by atoms with Gasteiger partial charge in [-0.05, 0) is 50.8 Å². The first-order valence-corrected chi connectivity index (χ1v) is 12.2. The Kier molecular flexibility index (Phi) is 7.82. The molecule has 0 radical (unpaired) electrons. The zero-order chi connectivity index (χ0) is 22.6. The molecule has 168 valence electrons. The molecule has 0 bridgehead atoms. The molecule has 3 rings (SSSR count). The third-order valence-corrected chi connectivity index (χ3v) is 8.02. The van der Waals surface area contributed by atoms with Gasteiger partial charge in [-0.2, -0.15) is 0 Å². The van der Waals surface area contributed by atoms with E-state index in [0.29, 0.717) is 23.3 Å². The highest BCUT2D eigenvalue weighted by molar-refractivity contribution is 8.01. The molecule has 10 heteroatoms. The lowest BCUT2D eigenvalue weighted by atomic mass is 9.97. The molecule has 1 saturated carbocycles. The van der Waals surface area contributed by atoms with E-state index in [-0.39, 0.29) is 10.7 Å². The second-order valence-electron chi connectivity index (χ2n) is 8.25. The van der Waals surface area contributed by atoms with Gasteiger partial charge in [-0.1, -0.05) is 35.8 Å². The van der Waals surface area contributed by atoms with Crippen molar-refractivity contribution in [2.75, 3.05) is 22.5 Å². The van der Waals surface area contributed by atoms with Crippen molar-refractivity contribution in [2.24, 2.45) is 11.3 Å². The summed E-state index contributed by atoms with van der Waals surface area (Å²) < 4.78 is 15.4. The van der Waals surface area contributed by atoms with E-state index in [1.807, 2.05) is 0 Å². The van der Waals surface area contributed by atoms with Gasteiger partial charge in [-0.3, -0.25) is 15.0 Å². The van der Waals surface area contributed by atoms with Gasteiger partial charge >= 0.3 is 12.0 Å². The lowest BCUT2D eigenvalue weighted by molar-refractivity contribution is -0.145. The molecule has 0 unspecified atom stereocenters. The van der Waals surface area contributed by atoms with E-state index in [1.165, 1.54) is 40.1 Å². The van der Waals surface area contributed by atoms with Gasteiger partial charge in [-0.25, -0.2) is 14.2 Å². The number of halogens is 2. The number of thiazole rings is 1. The van der Waals surface area contributed by atoms with Gasteiger partial charge in [0.2, 0.25) is 0 Å². The van der Waals surface area contributed by atoms with Crippen LogP contribution in [0, 0.1) is 17.2 Å². The van der Waals surface area contributed by atoms with Crippen molar-refractivity contribution in [3.05, 3.63) is 35.2 Å². The molecule has 1 aliphatic rings. The fraction of sp³-hybridized carbons (Fsp3) is 0.476. The molecule has 0 aliphatic heterocycles. The number of hydrogen-bond acceptors (Lipinski definition) is 5. The highest BCUT2D eigenvalue weighted by Gasteiger charge is 2.28. The standard InChI is InChI=1S/C21H25ClFN3O3S2/c1-21(2,18(27)28)12-30-17-10-24-19(31-17)25-20(29)26(11-13-5-3-4-6-13)16-8-7-14(22)9-15(16)23/h7-10,13H,3-6,11-12H2,1-2H3,(H,27,28)(H,24,25,29). The van der Waals surface area contributed by atoms with Gasteiger partial charge in [0, 0.05) is 17.3 Å². The number of carbonyl (C=O) groups excluding carboxylic acids is 1. The van der Waals surface area contributed by atoms with E-state index in [0.717, 1.165) is 29.9 Å². The number of aromatic nitrogens is 1. The predicted octanol–water partition coefficient (Wildman–Crippen LogP) is 6.37. The van der Waals surface area contributed by atoms with Crippen LogP contribution in [0.25, 0.3) is 0 Å². The molecule has 1 aromatic carbocycles. The Bertz CT molecular complexity index is 948. The molecule has 6 nitrogen and oxygen atoms in total.